The summed E-state index contributed by atoms with van der Waals surface area (Å²) in [7, 11) is -4.07. The molecular formula is C32H30N4O4S. The van der Waals surface area contributed by atoms with Gasteiger partial charge >= 0.3 is 6.03 Å². The van der Waals surface area contributed by atoms with Crippen molar-refractivity contribution >= 4 is 16.1 Å². The lowest BCUT2D eigenvalue weighted by Crippen LogP contribution is -2.42. The number of aromatic nitrogens is 2. The molecule has 208 valence electrons. The number of carbonyl (C=O) groups is 1. The summed E-state index contributed by atoms with van der Waals surface area (Å²) in [6, 6.07) is 32.2. The van der Waals surface area contributed by atoms with Crippen molar-refractivity contribution in [1.82, 2.24) is 19.6 Å². The van der Waals surface area contributed by atoms with Gasteiger partial charge in [-0.2, -0.15) is 0 Å². The maximum Gasteiger partial charge on any atom is 0.329 e. The molecule has 5 rings (SSSR count). The molecule has 5 aromatic rings. The van der Waals surface area contributed by atoms with Crippen LogP contribution in [-0.2, 0) is 23.1 Å². The summed E-state index contributed by atoms with van der Waals surface area (Å²) in [5.41, 5.74) is 3.39. The van der Waals surface area contributed by atoms with E-state index in [-0.39, 0.29) is 4.90 Å². The smallest absolute Gasteiger partial charge is 0.329 e. The van der Waals surface area contributed by atoms with Gasteiger partial charge in [-0.25, -0.2) is 22.9 Å². The molecule has 8 nitrogen and oxygen atoms in total. The first kappa shape index (κ1) is 27.7. The van der Waals surface area contributed by atoms with Crippen LogP contribution in [0.25, 0.3) is 5.69 Å². The van der Waals surface area contributed by atoms with Crippen LogP contribution in [0.3, 0.4) is 0 Å². The minimum absolute atomic E-state index is 0.0471. The number of ether oxygens (including phenoxy) is 1. The van der Waals surface area contributed by atoms with Gasteiger partial charge in [-0.3, -0.25) is 0 Å². The number of nitrogens with one attached hydrogen (secondary N) is 2. The van der Waals surface area contributed by atoms with E-state index >= 15 is 0 Å². The van der Waals surface area contributed by atoms with Crippen LogP contribution >= 0.6 is 0 Å². The second-order valence-electron chi connectivity index (χ2n) is 9.51. The molecule has 1 unspecified atom stereocenters. The number of rotatable bonds is 10. The summed E-state index contributed by atoms with van der Waals surface area (Å²) in [6.07, 6.45) is 3.85. The number of nitrogens with zero attached hydrogens (tertiary/aromatic N) is 2. The maximum absolute atomic E-state index is 13.1. The molecule has 0 radical (unpaired) electrons. The Bertz CT molecular complexity index is 1700. The lowest BCUT2D eigenvalue weighted by Gasteiger charge is -2.21. The topological polar surface area (TPSA) is 102 Å². The van der Waals surface area contributed by atoms with Crippen molar-refractivity contribution in [3.05, 3.63) is 144 Å². The van der Waals surface area contributed by atoms with Crippen LogP contribution in [0.4, 0.5) is 4.79 Å². The molecule has 2 amide bonds. The van der Waals surface area contributed by atoms with Crippen molar-refractivity contribution in [2.75, 3.05) is 0 Å². The predicted molar refractivity (Wildman–Crippen MR) is 157 cm³/mol. The first-order valence-corrected chi connectivity index (χ1v) is 14.6. The molecule has 0 saturated carbocycles. The number of carbonyl (C=O) groups excluding carboxylic acids is 1. The Labute approximate surface area is 239 Å². The average molecular weight is 567 g/mol. The van der Waals surface area contributed by atoms with Crippen molar-refractivity contribution in [2.45, 2.75) is 30.9 Å². The van der Waals surface area contributed by atoms with Crippen molar-refractivity contribution < 1.29 is 17.9 Å². The average Bonchev–Trinajstić information content (AvgIpc) is 3.47. The Morgan fingerprint density at radius 1 is 0.854 bits per heavy atom. The van der Waals surface area contributed by atoms with Crippen LogP contribution < -0.4 is 14.8 Å². The molecule has 9 heteroatoms. The summed E-state index contributed by atoms with van der Waals surface area (Å²) in [4.78, 5) is 17.7. The van der Waals surface area contributed by atoms with Crippen LogP contribution in [0.2, 0.25) is 0 Å². The highest BCUT2D eigenvalue weighted by Crippen LogP contribution is 2.23. The summed E-state index contributed by atoms with van der Waals surface area (Å²) >= 11 is 0. The van der Waals surface area contributed by atoms with Crippen LogP contribution in [0.5, 0.6) is 5.75 Å². The van der Waals surface area contributed by atoms with Gasteiger partial charge in [0.1, 0.15) is 18.2 Å². The first-order valence-electron chi connectivity index (χ1n) is 13.1. The molecule has 4 aromatic carbocycles. The lowest BCUT2D eigenvalue weighted by atomic mass is 10.1. The summed E-state index contributed by atoms with van der Waals surface area (Å²) in [5.74, 6) is 1.27. The van der Waals surface area contributed by atoms with Gasteiger partial charge in [0.15, 0.2) is 0 Å². The number of imidazole rings is 1. The van der Waals surface area contributed by atoms with E-state index in [4.69, 9.17) is 4.74 Å². The molecule has 0 aliphatic rings. The SMILES string of the molecule is Cc1ccccc1S(=O)(=O)NC(=O)NC(Cc1ccccc1)c1nccn1-c1ccc(OCc2ccccc2)cc1. The minimum atomic E-state index is -4.07. The van der Waals surface area contributed by atoms with Gasteiger partial charge in [0.25, 0.3) is 10.0 Å². The largest absolute Gasteiger partial charge is 0.489 e. The maximum atomic E-state index is 13.1. The first-order chi connectivity index (χ1) is 19.9. The Morgan fingerprint density at radius 3 is 2.17 bits per heavy atom. The van der Waals surface area contributed by atoms with E-state index in [1.54, 1.807) is 37.5 Å². The van der Waals surface area contributed by atoms with Gasteiger partial charge in [-0.15, -0.1) is 0 Å². The Balaban J connectivity index is 1.36. The van der Waals surface area contributed by atoms with Crippen LogP contribution in [0.15, 0.2) is 126 Å². The lowest BCUT2D eigenvalue weighted by molar-refractivity contribution is 0.241. The number of benzene rings is 4. The van der Waals surface area contributed by atoms with E-state index < -0.39 is 22.1 Å². The molecule has 0 aliphatic carbocycles. The van der Waals surface area contributed by atoms with Gasteiger partial charge in [0, 0.05) is 18.1 Å². The quantitative estimate of drug-likeness (QED) is 0.225. The third kappa shape index (κ3) is 7.01. The minimum Gasteiger partial charge on any atom is -0.489 e. The monoisotopic (exact) mass is 566 g/mol. The highest BCUT2D eigenvalue weighted by atomic mass is 32.2. The van der Waals surface area contributed by atoms with E-state index in [0.717, 1.165) is 22.6 Å². The number of hydrogen-bond acceptors (Lipinski definition) is 5. The predicted octanol–water partition coefficient (Wildman–Crippen LogP) is 5.73. The third-order valence-corrected chi connectivity index (χ3v) is 8.03. The summed E-state index contributed by atoms with van der Waals surface area (Å²) in [5, 5.41) is 2.84. The van der Waals surface area contributed by atoms with Crippen LogP contribution in [-0.4, -0.2) is 24.0 Å². The standard InChI is InChI=1S/C32H30N4O4S/c1-24-10-8-9-15-30(24)41(38,39)35-32(37)34-29(22-25-11-4-2-5-12-25)31-33-20-21-36(31)27-16-18-28(19-17-27)40-23-26-13-6-3-7-14-26/h2-21,29H,22-23H2,1H3,(H2,34,35,37). The van der Waals surface area contributed by atoms with Crippen molar-refractivity contribution in [1.29, 1.82) is 0 Å². The van der Waals surface area contributed by atoms with Gasteiger partial charge < -0.3 is 14.6 Å². The normalized spacial score (nSPS) is 11.9. The number of aryl methyl sites for hydroxylation is 1. The van der Waals surface area contributed by atoms with Gasteiger partial charge in [0.2, 0.25) is 0 Å². The van der Waals surface area contributed by atoms with Crippen LogP contribution in [0, 0.1) is 6.92 Å². The molecular weight excluding hydrogens is 536 g/mol. The summed E-state index contributed by atoms with van der Waals surface area (Å²) in [6.45, 7) is 2.14. The second-order valence-corrected chi connectivity index (χ2v) is 11.2. The fraction of sp³-hybridized carbons (Fsp3) is 0.125. The molecule has 41 heavy (non-hydrogen) atoms. The third-order valence-electron chi connectivity index (χ3n) is 6.54. The molecule has 0 aliphatic heterocycles. The molecule has 0 fully saturated rings. The molecule has 1 atom stereocenters. The number of hydrogen-bond donors (Lipinski definition) is 2. The second kappa shape index (κ2) is 12.5. The number of urea groups is 1. The zero-order valence-corrected chi connectivity index (χ0v) is 23.3. The highest BCUT2D eigenvalue weighted by Gasteiger charge is 2.25. The molecule has 2 N–H and O–H groups in total. The van der Waals surface area contributed by atoms with E-state index in [0.29, 0.717) is 24.4 Å². The van der Waals surface area contributed by atoms with Gasteiger partial charge in [-0.1, -0.05) is 78.9 Å². The molecule has 0 spiro atoms. The van der Waals surface area contributed by atoms with E-state index in [9.17, 15) is 13.2 Å². The zero-order chi connectivity index (χ0) is 28.7. The highest BCUT2D eigenvalue weighted by molar-refractivity contribution is 7.90. The zero-order valence-electron chi connectivity index (χ0n) is 22.5. The molecule has 1 aromatic heterocycles. The molecule has 0 bridgehead atoms. The van der Waals surface area contributed by atoms with Crippen molar-refractivity contribution in [2.24, 2.45) is 0 Å². The van der Waals surface area contributed by atoms with E-state index in [2.05, 4.69) is 15.0 Å². The Kier molecular flexibility index (Phi) is 8.45. The molecule has 1 heterocycles. The van der Waals surface area contributed by atoms with E-state index in [1.165, 1.54) is 6.07 Å². The Morgan fingerprint density at radius 2 is 1.49 bits per heavy atom. The molecule has 0 saturated heterocycles. The van der Waals surface area contributed by atoms with Gasteiger partial charge in [-0.05, 0) is 60.4 Å². The van der Waals surface area contributed by atoms with Crippen molar-refractivity contribution in [3.8, 4) is 11.4 Å². The number of sulfonamides is 1. The van der Waals surface area contributed by atoms with Crippen LogP contribution in [0.1, 0.15) is 28.6 Å². The Hall–Kier alpha value is -4.89. The summed E-state index contributed by atoms with van der Waals surface area (Å²) < 4.78 is 35.8. The van der Waals surface area contributed by atoms with E-state index in [1.807, 2.05) is 89.5 Å². The fourth-order valence-electron chi connectivity index (χ4n) is 4.51. The number of amides is 2. The van der Waals surface area contributed by atoms with Gasteiger partial charge in [0.05, 0.1) is 10.9 Å². The van der Waals surface area contributed by atoms with Crippen molar-refractivity contribution in [3.63, 3.8) is 0 Å². The fourth-order valence-corrected chi connectivity index (χ4v) is 5.68.